The molecule has 0 atom stereocenters. The molecule has 1 rings (SSSR count). The van der Waals surface area contributed by atoms with Crippen LogP contribution in [0.1, 0.15) is 5.76 Å². The summed E-state index contributed by atoms with van der Waals surface area (Å²) in [5.74, 6) is -1.05. The molecule has 0 aliphatic heterocycles. The number of ether oxygens (including phenoxy) is 2. The Morgan fingerprint density at radius 3 is 2.53 bits per heavy atom. The van der Waals surface area contributed by atoms with Crippen molar-refractivity contribution in [3.63, 3.8) is 0 Å². The summed E-state index contributed by atoms with van der Waals surface area (Å²) in [4.78, 5) is 22.3. The van der Waals surface area contributed by atoms with Crippen LogP contribution in [-0.4, -0.2) is 26.2 Å². The van der Waals surface area contributed by atoms with E-state index >= 15 is 0 Å². The molecule has 0 saturated heterocycles. The van der Waals surface area contributed by atoms with Crippen LogP contribution in [0.5, 0.6) is 0 Å². The summed E-state index contributed by atoms with van der Waals surface area (Å²) in [5, 5.41) is 0. The van der Waals surface area contributed by atoms with Gasteiger partial charge in [0.15, 0.2) is 0 Å². The van der Waals surface area contributed by atoms with Crippen LogP contribution < -0.4 is 0 Å². The molecule has 0 amide bonds. The minimum atomic E-state index is -0.657. The van der Waals surface area contributed by atoms with Crippen LogP contribution >= 0.6 is 0 Å². The predicted octanol–water partition coefficient (Wildman–Crippen LogP) is 1.01. The van der Waals surface area contributed by atoms with Crippen LogP contribution in [0.2, 0.25) is 0 Å². The van der Waals surface area contributed by atoms with Crippen LogP contribution in [0.25, 0.3) is 5.57 Å². The molecule has 0 saturated carbocycles. The zero-order chi connectivity index (χ0) is 11.3. The van der Waals surface area contributed by atoms with Gasteiger partial charge in [-0.3, -0.25) is 0 Å². The highest BCUT2D eigenvalue weighted by molar-refractivity contribution is 6.19. The van der Waals surface area contributed by atoms with Gasteiger partial charge in [-0.25, -0.2) is 9.59 Å². The van der Waals surface area contributed by atoms with Gasteiger partial charge in [-0.2, -0.15) is 0 Å². The molecule has 0 bridgehead atoms. The van der Waals surface area contributed by atoms with Crippen molar-refractivity contribution in [1.29, 1.82) is 0 Å². The van der Waals surface area contributed by atoms with E-state index in [1.165, 1.54) is 20.5 Å². The summed E-state index contributed by atoms with van der Waals surface area (Å²) >= 11 is 0. The van der Waals surface area contributed by atoms with Gasteiger partial charge in [-0.15, -0.1) is 0 Å². The second kappa shape index (κ2) is 4.99. The Kier molecular flexibility index (Phi) is 3.68. The first-order chi connectivity index (χ1) is 7.19. The highest BCUT2D eigenvalue weighted by Gasteiger charge is 2.16. The number of hydrogen-bond acceptors (Lipinski definition) is 5. The van der Waals surface area contributed by atoms with Gasteiger partial charge in [-0.1, -0.05) is 0 Å². The second-order valence-electron chi connectivity index (χ2n) is 2.55. The summed E-state index contributed by atoms with van der Waals surface area (Å²) in [6.45, 7) is 0. The van der Waals surface area contributed by atoms with Crippen molar-refractivity contribution in [2.24, 2.45) is 0 Å². The van der Waals surface area contributed by atoms with E-state index in [0.29, 0.717) is 0 Å². The minimum Gasteiger partial charge on any atom is -0.466 e. The quantitative estimate of drug-likeness (QED) is 0.550. The summed E-state index contributed by atoms with van der Waals surface area (Å²) in [7, 11) is 2.44. The molecule has 0 spiro atoms. The monoisotopic (exact) mass is 210 g/mol. The summed E-state index contributed by atoms with van der Waals surface area (Å²) in [6, 6.07) is 3.15. The Balaban J connectivity index is 3.04. The highest BCUT2D eigenvalue weighted by atomic mass is 16.5. The third kappa shape index (κ3) is 2.70. The Hall–Kier alpha value is -2.04. The normalized spacial score (nSPS) is 10.9. The number of rotatable bonds is 3. The fraction of sp³-hybridized carbons (Fsp3) is 0.200. The number of carbonyl (C=O) groups excluding carboxylic acids is 2. The standard InChI is InChI=1S/C10H10O5/c1-13-9(11)6-7(10(12)14-2)8-4-3-5-15-8/h3-6H,1-2H3. The van der Waals surface area contributed by atoms with Crippen molar-refractivity contribution in [3.05, 3.63) is 30.2 Å². The first kappa shape index (κ1) is 11.0. The fourth-order valence-electron chi connectivity index (χ4n) is 0.949. The van der Waals surface area contributed by atoms with E-state index in [0.717, 1.165) is 6.08 Å². The highest BCUT2D eigenvalue weighted by Crippen LogP contribution is 2.16. The number of furan rings is 1. The van der Waals surface area contributed by atoms with E-state index in [4.69, 9.17) is 4.42 Å². The SMILES string of the molecule is COC(=O)C=C(C(=O)OC)c1ccco1. The van der Waals surface area contributed by atoms with E-state index in [-0.39, 0.29) is 11.3 Å². The van der Waals surface area contributed by atoms with E-state index in [9.17, 15) is 9.59 Å². The van der Waals surface area contributed by atoms with Gasteiger partial charge in [0.2, 0.25) is 0 Å². The first-order valence-electron chi connectivity index (χ1n) is 4.11. The number of esters is 2. The number of methoxy groups -OCH3 is 2. The molecule has 80 valence electrons. The maximum absolute atomic E-state index is 11.3. The summed E-state index contributed by atoms with van der Waals surface area (Å²) in [5.41, 5.74) is 0.0225. The van der Waals surface area contributed by atoms with Crippen molar-refractivity contribution < 1.29 is 23.5 Å². The molecule has 0 radical (unpaired) electrons. The van der Waals surface area contributed by atoms with Gasteiger partial charge < -0.3 is 13.9 Å². The molecule has 0 unspecified atom stereocenters. The third-order valence-corrected chi connectivity index (χ3v) is 1.66. The molecular formula is C10H10O5. The zero-order valence-electron chi connectivity index (χ0n) is 8.35. The van der Waals surface area contributed by atoms with E-state index in [1.54, 1.807) is 12.1 Å². The van der Waals surface area contributed by atoms with Gasteiger partial charge >= 0.3 is 11.9 Å². The van der Waals surface area contributed by atoms with Crippen molar-refractivity contribution >= 4 is 17.5 Å². The largest absolute Gasteiger partial charge is 0.466 e. The summed E-state index contributed by atoms with van der Waals surface area (Å²) in [6.07, 6.45) is 2.41. The lowest BCUT2D eigenvalue weighted by Crippen LogP contribution is -2.06. The molecule has 0 aliphatic rings. The van der Waals surface area contributed by atoms with Crippen molar-refractivity contribution in [1.82, 2.24) is 0 Å². The lowest BCUT2D eigenvalue weighted by Gasteiger charge is -2.01. The average molecular weight is 210 g/mol. The molecule has 0 N–H and O–H groups in total. The van der Waals surface area contributed by atoms with Crippen LogP contribution in [0.3, 0.4) is 0 Å². The average Bonchev–Trinajstić information content (AvgIpc) is 2.77. The molecule has 5 heteroatoms. The minimum absolute atomic E-state index is 0.0225. The van der Waals surface area contributed by atoms with Crippen LogP contribution in [0, 0.1) is 0 Å². The molecule has 1 aromatic rings. The topological polar surface area (TPSA) is 65.7 Å². The van der Waals surface area contributed by atoms with E-state index in [1.807, 2.05) is 0 Å². The van der Waals surface area contributed by atoms with Crippen molar-refractivity contribution in [2.45, 2.75) is 0 Å². The van der Waals surface area contributed by atoms with Gasteiger partial charge in [0.05, 0.1) is 20.5 Å². The maximum Gasteiger partial charge on any atom is 0.341 e. The van der Waals surface area contributed by atoms with Crippen molar-refractivity contribution in [3.8, 4) is 0 Å². The van der Waals surface area contributed by atoms with Gasteiger partial charge in [0, 0.05) is 6.08 Å². The van der Waals surface area contributed by atoms with Gasteiger partial charge in [-0.05, 0) is 12.1 Å². The van der Waals surface area contributed by atoms with E-state index in [2.05, 4.69) is 9.47 Å². The molecule has 5 nitrogen and oxygen atoms in total. The Labute approximate surface area is 86.3 Å². The molecule has 0 aliphatic carbocycles. The number of hydrogen-bond donors (Lipinski definition) is 0. The lowest BCUT2D eigenvalue weighted by atomic mass is 10.2. The molecular weight excluding hydrogens is 200 g/mol. The van der Waals surface area contributed by atoms with Crippen molar-refractivity contribution in [2.75, 3.05) is 14.2 Å². The zero-order valence-corrected chi connectivity index (χ0v) is 8.35. The van der Waals surface area contributed by atoms with Crippen LogP contribution in [0.15, 0.2) is 28.9 Å². The fourth-order valence-corrected chi connectivity index (χ4v) is 0.949. The Bertz CT molecular complexity index is 375. The Morgan fingerprint density at radius 2 is 2.07 bits per heavy atom. The molecule has 1 heterocycles. The smallest absolute Gasteiger partial charge is 0.341 e. The summed E-state index contributed by atoms with van der Waals surface area (Å²) < 4.78 is 13.9. The molecule has 0 aromatic carbocycles. The first-order valence-corrected chi connectivity index (χ1v) is 4.11. The number of carbonyl (C=O) groups is 2. The van der Waals surface area contributed by atoms with Crippen LogP contribution in [0.4, 0.5) is 0 Å². The predicted molar refractivity (Wildman–Crippen MR) is 50.7 cm³/mol. The molecule has 1 aromatic heterocycles. The maximum atomic E-state index is 11.3. The second-order valence-corrected chi connectivity index (χ2v) is 2.55. The van der Waals surface area contributed by atoms with E-state index < -0.39 is 11.9 Å². The van der Waals surface area contributed by atoms with Gasteiger partial charge in [0.25, 0.3) is 0 Å². The van der Waals surface area contributed by atoms with Crippen LogP contribution in [-0.2, 0) is 19.1 Å². The lowest BCUT2D eigenvalue weighted by molar-refractivity contribution is -0.136. The molecule has 0 fully saturated rings. The Morgan fingerprint density at radius 1 is 1.33 bits per heavy atom. The molecule has 15 heavy (non-hydrogen) atoms. The van der Waals surface area contributed by atoms with Gasteiger partial charge in [0.1, 0.15) is 11.3 Å². The third-order valence-electron chi connectivity index (χ3n) is 1.66.